The zero-order valence-electron chi connectivity index (χ0n) is 8.64. The average Bonchev–Trinajstić information content (AvgIpc) is 2.35. The van der Waals surface area contributed by atoms with Crippen molar-refractivity contribution in [3.63, 3.8) is 0 Å². The third kappa shape index (κ3) is 1.32. The van der Waals surface area contributed by atoms with E-state index in [9.17, 15) is 0 Å². The van der Waals surface area contributed by atoms with Crippen LogP contribution in [0.15, 0.2) is 48.5 Å². The van der Waals surface area contributed by atoms with Gasteiger partial charge in [0.2, 0.25) is 0 Å². The maximum absolute atomic E-state index is 5.38. The van der Waals surface area contributed by atoms with Gasteiger partial charge in [-0.3, -0.25) is 0 Å². The summed E-state index contributed by atoms with van der Waals surface area (Å²) in [5.41, 5.74) is 2.83. The Hall–Kier alpha value is -2.33. The minimum absolute atomic E-state index is 0.871. The molecule has 0 radical (unpaired) electrons. The summed E-state index contributed by atoms with van der Waals surface area (Å²) in [5.74, 6) is 2.63. The Morgan fingerprint density at radius 1 is 0.875 bits per heavy atom. The Balaban J connectivity index is 2.43. The van der Waals surface area contributed by atoms with E-state index in [2.05, 4.69) is 23.0 Å². The van der Waals surface area contributed by atoms with Crippen LogP contribution in [-0.2, 0) is 0 Å². The number of nitrogens with zero attached hydrogens (tertiary/aromatic N) is 1. The highest BCUT2D eigenvalue weighted by Gasteiger charge is 1.99. The minimum atomic E-state index is 0.871. The SMILES string of the molecule is C#Cc1ccc2cc3ccccc3nc2c1. The zero-order chi connectivity index (χ0) is 11.0. The van der Waals surface area contributed by atoms with Crippen LogP contribution in [0.1, 0.15) is 5.56 Å². The smallest absolute Gasteiger partial charge is 0.0722 e. The Morgan fingerprint density at radius 3 is 2.56 bits per heavy atom. The standard InChI is InChI=1S/C15H9N/c1-2-11-7-8-13-10-12-5-3-4-6-14(12)16-15(13)9-11/h1,3-10H. The quantitative estimate of drug-likeness (QED) is 0.403. The second kappa shape index (κ2) is 3.36. The molecule has 0 amide bonds. The molecule has 0 aliphatic rings. The number of hydrogen-bond donors (Lipinski definition) is 0. The lowest BCUT2D eigenvalue weighted by molar-refractivity contribution is 1.49. The average molecular weight is 203 g/mol. The van der Waals surface area contributed by atoms with Gasteiger partial charge in [0.05, 0.1) is 11.0 Å². The van der Waals surface area contributed by atoms with Gasteiger partial charge in [0.25, 0.3) is 0 Å². The van der Waals surface area contributed by atoms with Crippen molar-refractivity contribution in [2.45, 2.75) is 0 Å². The number of fused-ring (bicyclic) bond motifs is 2. The van der Waals surface area contributed by atoms with Crippen molar-refractivity contribution in [1.82, 2.24) is 4.98 Å². The topological polar surface area (TPSA) is 12.9 Å². The van der Waals surface area contributed by atoms with Crippen LogP contribution in [0, 0.1) is 12.3 Å². The molecule has 3 aromatic rings. The Morgan fingerprint density at radius 2 is 1.69 bits per heavy atom. The van der Waals surface area contributed by atoms with Crippen LogP contribution in [0.2, 0.25) is 0 Å². The van der Waals surface area contributed by atoms with E-state index in [0.717, 1.165) is 27.4 Å². The molecular formula is C15H9N. The van der Waals surface area contributed by atoms with Crippen molar-refractivity contribution in [2.24, 2.45) is 0 Å². The summed E-state index contributed by atoms with van der Waals surface area (Å²) >= 11 is 0. The van der Waals surface area contributed by atoms with Gasteiger partial charge in [0, 0.05) is 16.3 Å². The summed E-state index contributed by atoms with van der Waals surface area (Å²) in [5, 5.41) is 2.28. The molecule has 3 rings (SSSR count). The maximum atomic E-state index is 5.38. The van der Waals surface area contributed by atoms with Gasteiger partial charge in [-0.1, -0.05) is 30.2 Å². The molecule has 0 N–H and O–H groups in total. The summed E-state index contributed by atoms with van der Waals surface area (Å²) in [6.45, 7) is 0. The molecule has 1 aromatic heterocycles. The van der Waals surface area contributed by atoms with Gasteiger partial charge in [-0.25, -0.2) is 4.98 Å². The Labute approximate surface area is 93.7 Å². The lowest BCUT2D eigenvalue weighted by Crippen LogP contribution is -1.83. The molecule has 1 heteroatoms. The van der Waals surface area contributed by atoms with Crippen molar-refractivity contribution < 1.29 is 0 Å². The highest BCUT2D eigenvalue weighted by atomic mass is 14.7. The fraction of sp³-hybridized carbons (Fsp3) is 0. The molecule has 0 fully saturated rings. The molecule has 1 nitrogen and oxygen atoms in total. The first-order valence-corrected chi connectivity index (χ1v) is 5.13. The predicted molar refractivity (Wildman–Crippen MR) is 67.2 cm³/mol. The van der Waals surface area contributed by atoms with Crippen molar-refractivity contribution in [3.8, 4) is 12.3 Å². The molecule has 1 heterocycles. The molecule has 0 atom stereocenters. The fourth-order valence-corrected chi connectivity index (χ4v) is 1.86. The second-order valence-corrected chi connectivity index (χ2v) is 3.73. The molecule has 2 aromatic carbocycles. The summed E-state index contributed by atoms with van der Waals surface area (Å²) in [7, 11) is 0. The summed E-state index contributed by atoms with van der Waals surface area (Å²) in [6, 6.07) is 16.1. The normalized spacial score (nSPS) is 10.4. The molecule has 0 aliphatic carbocycles. The van der Waals surface area contributed by atoms with Gasteiger partial charge in [-0.05, 0) is 24.3 Å². The molecular weight excluding hydrogens is 194 g/mol. The molecule has 0 bridgehead atoms. The summed E-state index contributed by atoms with van der Waals surface area (Å²) in [4.78, 5) is 4.59. The van der Waals surface area contributed by atoms with Crippen LogP contribution in [0.5, 0.6) is 0 Å². The van der Waals surface area contributed by atoms with E-state index in [1.807, 2.05) is 36.4 Å². The monoisotopic (exact) mass is 203 g/mol. The van der Waals surface area contributed by atoms with Gasteiger partial charge in [-0.15, -0.1) is 6.42 Å². The van der Waals surface area contributed by atoms with E-state index in [1.165, 1.54) is 0 Å². The number of pyridine rings is 1. The number of hydrogen-bond acceptors (Lipinski definition) is 1. The first-order valence-electron chi connectivity index (χ1n) is 5.13. The van der Waals surface area contributed by atoms with Gasteiger partial charge in [0.15, 0.2) is 0 Å². The second-order valence-electron chi connectivity index (χ2n) is 3.73. The molecule has 0 spiro atoms. The van der Waals surface area contributed by atoms with Crippen LogP contribution in [0.25, 0.3) is 21.8 Å². The lowest BCUT2D eigenvalue weighted by atomic mass is 10.1. The van der Waals surface area contributed by atoms with E-state index < -0.39 is 0 Å². The van der Waals surface area contributed by atoms with Crippen LogP contribution in [0.3, 0.4) is 0 Å². The number of rotatable bonds is 0. The Kier molecular flexibility index (Phi) is 1.88. The summed E-state index contributed by atoms with van der Waals surface area (Å²) in [6.07, 6.45) is 5.38. The number of aromatic nitrogens is 1. The zero-order valence-corrected chi connectivity index (χ0v) is 8.64. The van der Waals surface area contributed by atoms with Crippen LogP contribution < -0.4 is 0 Å². The van der Waals surface area contributed by atoms with Gasteiger partial charge < -0.3 is 0 Å². The highest BCUT2D eigenvalue weighted by molar-refractivity contribution is 5.93. The van der Waals surface area contributed by atoms with Crippen LogP contribution >= 0.6 is 0 Å². The molecule has 74 valence electrons. The van der Waals surface area contributed by atoms with Crippen molar-refractivity contribution in [1.29, 1.82) is 0 Å². The molecule has 0 unspecified atom stereocenters. The number of terminal acetylenes is 1. The van der Waals surface area contributed by atoms with Gasteiger partial charge in [0.1, 0.15) is 0 Å². The number of para-hydroxylation sites is 1. The van der Waals surface area contributed by atoms with E-state index in [4.69, 9.17) is 6.42 Å². The first-order chi connectivity index (χ1) is 7.86. The summed E-state index contributed by atoms with van der Waals surface area (Å²) < 4.78 is 0. The molecule has 0 saturated heterocycles. The van der Waals surface area contributed by atoms with E-state index in [1.54, 1.807) is 0 Å². The minimum Gasteiger partial charge on any atom is -0.248 e. The van der Waals surface area contributed by atoms with Crippen LogP contribution in [-0.4, -0.2) is 4.98 Å². The van der Waals surface area contributed by atoms with Crippen LogP contribution in [0.4, 0.5) is 0 Å². The predicted octanol–water partition coefficient (Wildman–Crippen LogP) is 3.37. The molecule has 0 saturated carbocycles. The van der Waals surface area contributed by atoms with Crippen molar-refractivity contribution in [2.75, 3.05) is 0 Å². The van der Waals surface area contributed by atoms with Crippen molar-refractivity contribution in [3.05, 3.63) is 54.1 Å². The maximum Gasteiger partial charge on any atom is 0.0722 e. The molecule has 16 heavy (non-hydrogen) atoms. The third-order valence-electron chi connectivity index (χ3n) is 2.69. The largest absolute Gasteiger partial charge is 0.248 e. The van der Waals surface area contributed by atoms with E-state index >= 15 is 0 Å². The first kappa shape index (κ1) is 8.94. The van der Waals surface area contributed by atoms with E-state index in [0.29, 0.717) is 0 Å². The highest BCUT2D eigenvalue weighted by Crippen LogP contribution is 2.20. The van der Waals surface area contributed by atoms with Crippen molar-refractivity contribution >= 4 is 21.8 Å². The van der Waals surface area contributed by atoms with Gasteiger partial charge >= 0.3 is 0 Å². The fourth-order valence-electron chi connectivity index (χ4n) is 1.86. The molecule has 0 aliphatic heterocycles. The number of benzene rings is 2. The third-order valence-corrected chi connectivity index (χ3v) is 2.69. The Bertz CT molecular complexity index is 720. The lowest BCUT2D eigenvalue weighted by Gasteiger charge is -2.01. The van der Waals surface area contributed by atoms with Gasteiger partial charge in [-0.2, -0.15) is 0 Å². The van der Waals surface area contributed by atoms with E-state index in [-0.39, 0.29) is 0 Å².